The highest BCUT2D eigenvalue weighted by atomic mass is 19.2. The van der Waals surface area contributed by atoms with E-state index in [-0.39, 0.29) is 5.69 Å². The Morgan fingerprint density at radius 2 is 1.89 bits per heavy atom. The quantitative estimate of drug-likeness (QED) is 0.826. The van der Waals surface area contributed by atoms with Crippen LogP contribution in [0.3, 0.4) is 0 Å². The van der Waals surface area contributed by atoms with Gasteiger partial charge in [-0.25, -0.2) is 13.2 Å². The summed E-state index contributed by atoms with van der Waals surface area (Å²) in [4.78, 5) is 0. The molecule has 0 saturated heterocycles. The zero-order valence-corrected chi connectivity index (χ0v) is 9.88. The molecule has 1 aromatic carbocycles. The number of hydrogen-bond acceptors (Lipinski definition) is 1. The lowest BCUT2D eigenvalue weighted by atomic mass is 10.2. The van der Waals surface area contributed by atoms with E-state index in [9.17, 15) is 13.2 Å². The summed E-state index contributed by atoms with van der Waals surface area (Å²) in [7, 11) is 0. The van der Waals surface area contributed by atoms with Crippen molar-refractivity contribution in [2.45, 2.75) is 20.0 Å². The van der Waals surface area contributed by atoms with Gasteiger partial charge < -0.3 is 9.88 Å². The van der Waals surface area contributed by atoms with E-state index in [1.165, 1.54) is 6.07 Å². The maximum absolute atomic E-state index is 13.4. The van der Waals surface area contributed by atoms with E-state index in [0.717, 1.165) is 18.2 Å². The predicted molar refractivity (Wildman–Crippen MR) is 63.7 cm³/mol. The van der Waals surface area contributed by atoms with Crippen LogP contribution >= 0.6 is 0 Å². The lowest BCUT2D eigenvalue weighted by Crippen LogP contribution is -2.03. The fourth-order valence-electron chi connectivity index (χ4n) is 1.65. The van der Waals surface area contributed by atoms with Crippen molar-refractivity contribution in [2.24, 2.45) is 0 Å². The summed E-state index contributed by atoms with van der Waals surface area (Å²) in [5.41, 5.74) is 0.902. The lowest BCUT2D eigenvalue weighted by molar-refractivity contribution is 0.449. The van der Waals surface area contributed by atoms with Crippen LogP contribution in [0.25, 0.3) is 0 Å². The van der Waals surface area contributed by atoms with Crippen LogP contribution < -0.4 is 5.32 Å². The summed E-state index contributed by atoms with van der Waals surface area (Å²) in [6, 6.07) is 3.97. The van der Waals surface area contributed by atoms with Crippen molar-refractivity contribution in [3.05, 3.63) is 53.6 Å². The van der Waals surface area contributed by atoms with E-state index >= 15 is 0 Å². The Morgan fingerprint density at radius 3 is 2.56 bits per heavy atom. The van der Waals surface area contributed by atoms with E-state index in [4.69, 9.17) is 0 Å². The molecule has 1 heterocycles. The highest BCUT2D eigenvalue weighted by molar-refractivity contribution is 5.45. The van der Waals surface area contributed by atoms with Gasteiger partial charge in [0.2, 0.25) is 0 Å². The van der Waals surface area contributed by atoms with Crippen LogP contribution in [0.15, 0.2) is 30.6 Å². The number of benzene rings is 1. The summed E-state index contributed by atoms with van der Waals surface area (Å²) in [6.45, 7) is 3.21. The second kappa shape index (κ2) is 5.16. The maximum atomic E-state index is 13.4. The zero-order chi connectivity index (χ0) is 13.1. The van der Waals surface area contributed by atoms with Gasteiger partial charge in [0, 0.05) is 25.5 Å². The molecular formula is C13H13F3N2. The normalized spacial score (nSPS) is 10.7. The van der Waals surface area contributed by atoms with Crippen LogP contribution in [0.5, 0.6) is 0 Å². The van der Waals surface area contributed by atoms with Crippen LogP contribution in [0.4, 0.5) is 18.9 Å². The van der Waals surface area contributed by atoms with Crippen LogP contribution in [-0.2, 0) is 13.1 Å². The van der Waals surface area contributed by atoms with E-state index in [0.29, 0.717) is 6.54 Å². The Bertz CT molecular complexity index is 549. The summed E-state index contributed by atoms with van der Waals surface area (Å²) in [5, 5.41) is 2.74. The molecule has 0 unspecified atom stereocenters. The molecule has 0 saturated carbocycles. The van der Waals surface area contributed by atoms with Crippen LogP contribution in [0.1, 0.15) is 12.5 Å². The molecule has 96 valence electrons. The molecule has 18 heavy (non-hydrogen) atoms. The molecule has 2 aromatic rings. The minimum Gasteiger partial charge on any atom is -0.378 e. The van der Waals surface area contributed by atoms with Gasteiger partial charge in [0.25, 0.3) is 0 Å². The molecule has 2 nitrogen and oxygen atoms in total. The molecule has 2 rings (SSSR count). The number of aryl methyl sites for hydroxylation is 1. The number of hydrogen-bond donors (Lipinski definition) is 1. The monoisotopic (exact) mass is 254 g/mol. The Hall–Kier alpha value is -1.91. The fraction of sp³-hybridized carbons (Fsp3) is 0.231. The highest BCUT2D eigenvalue weighted by Gasteiger charge is 2.12. The molecule has 1 N–H and O–H groups in total. The highest BCUT2D eigenvalue weighted by Crippen LogP contribution is 2.20. The summed E-state index contributed by atoms with van der Waals surface area (Å²) in [6.07, 6.45) is 3.81. The van der Waals surface area contributed by atoms with Crippen molar-refractivity contribution >= 4 is 5.69 Å². The first kappa shape index (κ1) is 12.5. The molecular weight excluding hydrogens is 241 g/mol. The van der Waals surface area contributed by atoms with Crippen molar-refractivity contribution in [1.82, 2.24) is 4.57 Å². The van der Waals surface area contributed by atoms with Gasteiger partial charge in [0.05, 0.1) is 5.69 Å². The molecule has 0 aliphatic rings. The molecule has 0 spiro atoms. The Morgan fingerprint density at radius 1 is 1.11 bits per heavy atom. The van der Waals surface area contributed by atoms with Crippen molar-refractivity contribution in [2.75, 3.05) is 5.32 Å². The molecule has 0 bridgehead atoms. The van der Waals surface area contributed by atoms with Gasteiger partial charge >= 0.3 is 0 Å². The third-order valence-electron chi connectivity index (χ3n) is 2.70. The molecule has 0 fully saturated rings. The van der Waals surface area contributed by atoms with Crippen molar-refractivity contribution < 1.29 is 13.2 Å². The molecule has 1 aromatic heterocycles. The van der Waals surface area contributed by atoms with Crippen LogP contribution in [0.2, 0.25) is 0 Å². The minimum atomic E-state index is -1.45. The molecule has 5 heteroatoms. The van der Waals surface area contributed by atoms with Crippen molar-refractivity contribution in [3.63, 3.8) is 0 Å². The van der Waals surface area contributed by atoms with E-state index in [1.54, 1.807) is 0 Å². The standard InChI is InChI=1S/C13H13F3N2/c1-2-18-6-5-9(8-18)7-17-11-4-3-10(14)12(15)13(11)16/h3-6,8,17H,2,7H2,1H3. The predicted octanol–water partition coefficient (Wildman–Crippen LogP) is 3.54. The zero-order valence-electron chi connectivity index (χ0n) is 9.88. The summed E-state index contributed by atoms with van der Waals surface area (Å²) >= 11 is 0. The third kappa shape index (κ3) is 2.50. The Kier molecular flexibility index (Phi) is 3.60. The second-order valence-electron chi connectivity index (χ2n) is 3.93. The largest absolute Gasteiger partial charge is 0.378 e. The van der Waals surface area contributed by atoms with Gasteiger partial charge in [0.1, 0.15) is 0 Å². The van der Waals surface area contributed by atoms with Crippen LogP contribution in [-0.4, -0.2) is 4.57 Å². The van der Waals surface area contributed by atoms with Gasteiger partial charge in [-0.05, 0) is 30.7 Å². The first-order valence-electron chi connectivity index (χ1n) is 5.64. The number of nitrogens with one attached hydrogen (secondary N) is 1. The molecule has 0 atom stereocenters. The molecule has 0 radical (unpaired) electrons. The van der Waals surface area contributed by atoms with Crippen molar-refractivity contribution in [1.29, 1.82) is 0 Å². The van der Waals surface area contributed by atoms with Crippen molar-refractivity contribution in [3.8, 4) is 0 Å². The van der Waals surface area contributed by atoms with Gasteiger partial charge in [-0.15, -0.1) is 0 Å². The smallest absolute Gasteiger partial charge is 0.196 e. The molecule has 0 aliphatic heterocycles. The number of rotatable bonds is 4. The number of nitrogens with zero attached hydrogens (tertiary/aromatic N) is 1. The Balaban J connectivity index is 2.08. The second-order valence-corrected chi connectivity index (χ2v) is 3.93. The number of halogens is 3. The number of aromatic nitrogens is 1. The summed E-state index contributed by atoms with van der Waals surface area (Å²) < 4.78 is 41.0. The SMILES string of the molecule is CCn1ccc(CNc2ccc(F)c(F)c2F)c1. The molecule has 0 amide bonds. The van der Waals surface area contributed by atoms with Gasteiger partial charge in [0.15, 0.2) is 17.5 Å². The minimum absolute atomic E-state index is 0.0434. The average Bonchev–Trinajstić information content (AvgIpc) is 2.83. The van der Waals surface area contributed by atoms with Gasteiger partial charge in [-0.1, -0.05) is 0 Å². The fourth-order valence-corrected chi connectivity index (χ4v) is 1.65. The van der Waals surface area contributed by atoms with Gasteiger partial charge in [-0.2, -0.15) is 0 Å². The average molecular weight is 254 g/mol. The van der Waals surface area contributed by atoms with Gasteiger partial charge in [-0.3, -0.25) is 0 Å². The first-order valence-corrected chi connectivity index (χ1v) is 5.64. The van der Waals surface area contributed by atoms with E-state index in [2.05, 4.69) is 5.32 Å². The van der Waals surface area contributed by atoms with Crippen LogP contribution in [0, 0.1) is 17.5 Å². The topological polar surface area (TPSA) is 17.0 Å². The lowest BCUT2D eigenvalue weighted by Gasteiger charge is -2.07. The number of anilines is 1. The Labute approximate surface area is 103 Å². The third-order valence-corrected chi connectivity index (χ3v) is 2.70. The first-order chi connectivity index (χ1) is 8.61. The maximum Gasteiger partial charge on any atom is 0.196 e. The van der Waals surface area contributed by atoms with E-state index < -0.39 is 17.5 Å². The summed E-state index contributed by atoms with van der Waals surface area (Å²) in [5.74, 6) is -3.83. The molecule has 0 aliphatic carbocycles. The van der Waals surface area contributed by atoms with E-state index in [1.807, 2.05) is 30.0 Å².